The zero-order valence-corrected chi connectivity index (χ0v) is 56.0. The first-order valence-corrected chi connectivity index (χ1v) is 33.4. The number of esters is 3. The Bertz CT molecular complexity index is 2800. The molecule has 1 spiro atoms. The van der Waals surface area contributed by atoms with Crippen LogP contribution in [-0.2, 0) is 71.2 Å². The molecule has 94 heavy (non-hydrogen) atoms. The zero-order valence-electron chi connectivity index (χ0n) is 56.0. The van der Waals surface area contributed by atoms with Crippen molar-refractivity contribution in [1.82, 2.24) is 0 Å². The van der Waals surface area contributed by atoms with Crippen LogP contribution in [0.25, 0.3) is 0 Å². The Kier molecular flexibility index (Phi) is 21.0. The molecule has 28 nitrogen and oxygen atoms in total. The molecule has 2 bridgehead atoms. The fourth-order valence-corrected chi connectivity index (χ4v) is 19.5. The number of carbonyl (C=O) groups is 3. The normalized spacial score (nSPS) is 51.5. The quantitative estimate of drug-likeness (QED) is 0.0402. The van der Waals surface area contributed by atoms with Crippen LogP contribution in [0.15, 0.2) is 23.3 Å². The standard InChI is InChI=1S/C66H104O28/c1-14-27(3)53(80)92-51-52(93-54(81)28(4)15-2)66-36(22-60(51,7)8)65(94-59(66)82)21-17-35-62(11)19-18-37(61(9,10)34(62)16-20-63(35,12)64(65,13)23-38(66)84-30(6)70)88-58-50(91-56-47(79)44(76)40(72)31(24-67)85-56)48(42(74)33(26-69)87-58)89-57-49(45(77)41(73)32(25-68)86-57)90-55-46(78)43(75)39(71)29(5)83-55/h14-15,29,31-52,55-59,67-69,71-79,82H,16-26H2,1-13H3/b27-14+,28-15+/t29-,31+,32+,33+,34?,35?,36?,37-,38+,39-,40-,41-,42+,43+,44-,45-,46+,47+,48-,49+,50+,51-,52-,55-,56-,57-,58-,59-,62-,63+,64-,65-,66+/m0/s1. The zero-order chi connectivity index (χ0) is 69.2. The third kappa shape index (κ3) is 11.6. The minimum atomic E-state index is -2.04. The van der Waals surface area contributed by atoms with E-state index in [1.165, 1.54) is 13.8 Å². The molecular weight excluding hydrogens is 1240 g/mol. The van der Waals surface area contributed by atoms with Crippen LogP contribution >= 0.6 is 0 Å². The van der Waals surface area contributed by atoms with E-state index >= 15 is 0 Å². The molecule has 10 rings (SSSR count). The molecule has 5 heterocycles. The first-order chi connectivity index (χ1) is 44.0. The number of aliphatic hydroxyl groups is 13. The molecule has 5 saturated carbocycles. The summed E-state index contributed by atoms with van der Waals surface area (Å²) in [6.45, 7) is 21.5. The molecular formula is C66H104O28. The molecule has 5 aliphatic heterocycles. The maximum absolute atomic E-state index is 14.2. The van der Waals surface area contributed by atoms with Crippen LogP contribution in [-0.4, -0.2) is 263 Å². The van der Waals surface area contributed by atoms with Gasteiger partial charge in [0.15, 0.2) is 37.6 Å². The SMILES string of the molecule is C/C=C(\C)C(=O)O[C@H]1[C@H](OC(=O)/C(C)=C/C)[C@@]23C(CC1(C)C)[C@]1(CCC4[C@@]5(C)CC[C@H](O[C@@H]6O[C@H](CO)[C@@H](O)[C@H](O[C@@H]7O[C@H](CO)[C@H](O)[C@H](O)[C@H]7O[C@@H]7O[C@@H](C)[C@H](O)[C@@H](O)[C@H]7O)[C@H]6O[C@@H]6O[C@H](CO)[C@H](O)[C@H](O)[C@H]6O)C(C)(C)C5CC[C@@]4(C)[C@]1(C)C[C@H]2OC(C)=O)O[C@@H]3O. The Balaban J connectivity index is 0.987. The third-order valence-electron chi connectivity index (χ3n) is 25.1. The van der Waals surface area contributed by atoms with Gasteiger partial charge in [-0.2, -0.15) is 0 Å². The van der Waals surface area contributed by atoms with Crippen molar-refractivity contribution in [2.24, 2.45) is 50.2 Å². The van der Waals surface area contributed by atoms with Crippen molar-refractivity contribution in [2.45, 2.75) is 301 Å². The number of ether oxygens (including phenoxy) is 12. The van der Waals surface area contributed by atoms with E-state index < -0.39 is 235 Å². The van der Waals surface area contributed by atoms with Gasteiger partial charge in [0.25, 0.3) is 0 Å². The lowest BCUT2D eigenvalue weighted by atomic mass is 9.30. The average Bonchev–Trinajstić information content (AvgIpc) is 1.39. The highest BCUT2D eigenvalue weighted by Crippen LogP contribution is 2.82. The summed E-state index contributed by atoms with van der Waals surface area (Å²) in [5, 5.41) is 145. The molecule has 33 atom stereocenters. The molecule has 3 unspecified atom stereocenters. The van der Waals surface area contributed by atoms with Gasteiger partial charge in [-0.05, 0) is 114 Å². The Hall–Kier alpha value is -2.99. The average molecular weight is 1350 g/mol. The van der Waals surface area contributed by atoms with Crippen LogP contribution in [0.4, 0.5) is 0 Å². The highest BCUT2D eigenvalue weighted by molar-refractivity contribution is 5.89. The first kappa shape index (κ1) is 73.7. The second-order valence-corrected chi connectivity index (χ2v) is 30.5. The molecule has 0 amide bonds. The van der Waals surface area contributed by atoms with Crippen LogP contribution in [0.3, 0.4) is 0 Å². The molecule has 0 aromatic rings. The van der Waals surface area contributed by atoms with E-state index in [0.717, 1.165) is 0 Å². The van der Waals surface area contributed by atoms with Crippen LogP contribution < -0.4 is 0 Å². The summed E-state index contributed by atoms with van der Waals surface area (Å²) in [6, 6.07) is 0. The van der Waals surface area contributed by atoms with Gasteiger partial charge in [0.2, 0.25) is 0 Å². The first-order valence-electron chi connectivity index (χ1n) is 33.4. The highest BCUT2D eigenvalue weighted by Gasteiger charge is 2.86. The fourth-order valence-electron chi connectivity index (χ4n) is 19.5. The number of rotatable bonds is 16. The minimum Gasteiger partial charge on any atom is -0.462 e. The summed E-state index contributed by atoms with van der Waals surface area (Å²) in [5.74, 6) is -2.74. The molecule has 0 aromatic carbocycles. The van der Waals surface area contributed by atoms with E-state index in [2.05, 4.69) is 34.6 Å². The lowest BCUT2D eigenvalue weighted by molar-refractivity contribution is -0.409. The van der Waals surface area contributed by atoms with Gasteiger partial charge in [-0.3, -0.25) is 4.79 Å². The Morgan fingerprint density at radius 1 is 0.489 bits per heavy atom. The lowest BCUT2D eigenvalue weighted by Crippen LogP contribution is -2.77. The number of hydrogen-bond acceptors (Lipinski definition) is 28. The minimum absolute atomic E-state index is 0.0552. The molecule has 0 aromatic heterocycles. The number of carbonyl (C=O) groups excluding carboxylic acids is 3. The lowest BCUT2D eigenvalue weighted by Gasteiger charge is -2.75. The van der Waals surface area contributed by atoms with E-state index in [9.17, 15) is 80.8 Å². The van der Waals surface area contributed by atoms with Crippen molar-refractivity contribution < 1.29 is 138 Å². The second-order valence-electron chi connectivity index (χ2n) is 30.5. The smallest absolute Gasteiger partial charge is 0.333 e. The predicted octanol–water partition coefficient (Wildman–Crippen LogP) is -0.458. The van der Waals surface area contributed by atoms with Gasteiger partial charge in [-0.1, -0.05) is 60.6 Å². The largest absolute Gasteiger partial charge is 0.462 e. The van der Waals surface area contributed by atoms with Crippen LogP contribution in [0, 0.1) is 50.2 Å². The van der Waals surface area contributed by atoms with Crippen molar-refractivity contribution in [3.63, 3.8) is 0 Å². The van der Waals surface area contributed by atoms with Crippen LogP contribution in [0.5, 0.6) is 0 Å². The number of allylic oxidation sites excluding steroid dienone is 2. The second kappa shape index (κ2) is 26.8. The van der Waals surface area contributed by atoms with Crippen LogP contribution in [0.1, 0.15) is 141 Å². The number of aliphatic hydroxyl groups excluding tert-OH is 13. The van der Waals surface area contributed by atoms with Crippen molar-refractivity contribution in [3.8, 4) is 0 Å². The van der Waals surface area contributed by atoms with Gasteiger partial charge >= 0.3 is 17.9 Å². The van der Waals surface area contributed by atoms with E-state index in [1.54, 1.807) is 39.8 Å². The maximum atomic E-state index is 14.2. The summed E-state index contributed by atoms with van der Waals surface area (Å²) in [6.07, 6.45) is -34.9. The summed E-state index contributed by atoms with van der Waals surface area (Å²) < 4.78 is 76.9. The fraction of sp³-hybridized carbons (Fsp3) is 0.894. The van der Waals surface area contributed by atoms with E-state index in [1.807, 2.05) is 13.8 Å². The summed E-state index contributed by atoms with van der Waals surface area (Å²) in [5.41, 5.74) is -5.71. The molecule has 536 valence electrons. The molecule has 10 fully saturated rings. The van der Waals surface area contributed by atoms with Crippen molar-refractivity contribution >= 4 is 17.9 Å². The van der Waals surface area contributed by atoms with Crippen LogP contribution in [0.2, 0.25) is 0 Å². The van der Waals surface area contributed by atoms with Gasteiger partial charge in [0, 0.05) is 34.8 Å². The summed E-state index contributed by atoms with van der Waals surface area (Å²) in [4.78, 5) is 41.7. The van der Waals surface area contributed by atoms with E-state index in [0.29, 0.717) is 50.5 Å². The molecule has 13 N–H and O–H groups in total. The summed E-state index contributed by atoms with van der Waals surface area (Å²) >= 11 is 0. The molecule has 5 aliphatic carbocycles. The predicted molar refractivity (Wildman–Crippen MR) is 321 cm³/mol. The molecule has 5 saturated heterocycles. The third-order valence-corrected chi connectivity index (χ3v) is 25.1. The highest BCUT2D eigenvalue weighted by atomic mass is 16.8. The maximum Gasteiger partial charge on any atom is 0.333 e. The van der Waals surface area contributed by atoms with Gasteiger partial charge < -0.3 is 123 Å². The molecule has 10 aliphatic rings. The Morgan fingerprint density at radius 2 is 0.989 bits per heavy atom. The van der Waals surface area contributed by atoms with Crippen molar-refractivity contribution in [2.75, 3.05) is 19.8 Å². The van der Waals surface area contributed by atoms with Crippen molar-refractivity contribution in [3.05, 3.63) is 23.3 Å². The van der Waals surface area contributed by atoms with Crippen molar-refractivity contribution in [1.29, 1.82) is 0 Å². The Morgan fingerprint density at radius 3 is 1.56 bits per heavy atom. The Labute approximate surface area is 547 Å². The van der Waals surface area contributed by atoms with E-state index in [4.69, 9.17) is 56.8 Å². The van der Waals surface area contributed by atoms with E-state index in [-0.39, 0.29) is 23.8 Å². The monoisotopic (exact) mass is 1340 g/mol. The van der Waals surface area contributed by atoms with Gasteiger partial charge in [0.05, 0.1) is 37.6 Å². The molecule has 0 radical (unpaired) electrons. The van der Waals surface area contributed by atoms with Gasteiger partial charge in [-0.15, -0.1) is 0 Å². The van der Waals surface area contributed by atoms with Gasteiger partial charge in [0.1, 0.15) is 109 Å². The number of fused-ring (bicyclic) bond motifs is 4. The topological polar surface area (TPSA) is 425 Å². The summed E-state index contributed by atoms with van der Waals surface area (Å²) in [7, 11) is 0. The van der Waals surface area contributed by atoms with Gasteiger partial charge in [-0.25, -0.2) is 9.59 Å². The molecule has 28 heteroatoms. The number of hydrogen-bond donors (Lipinski definition) is 13.